The van der Waals surface area contributed by atoms with Crippen LogP contribution < -0.4 is 4.74 Å². The van der Waals surface area contributed by atoms with Gasteiger partial charge in [0.15, 0.2) is 0 Å². The third kappa shape index (κ3) is 3.79. The summed E-state index contributed by atoms with van der Waals surface area (Å²) in [5.41, 5.74) is 4.50. The van der Waals surface area contributed by atoms with E-state index in [1.807, 2.05) is 42.5 Å². The molecular formula is C25H18O3. The molecule has 28 heavy (non-hydrogen) atoms. The van der Waals surface area contributed by atoms with Gasteiger partial charge < -0.3 is 9.84 Å². The van der Waals surface area contributed by atoms with E-state index in [1.54, 1.807) is 18.2 Å². The molecule has 0 heterocycles. The Labute approximate surface area is 163 Å². The predicted octanol–water partition coefficient (Wildman–Crippen LogP) is 6.51. The Bertz CT molecular complexity index is 1100. The minimum Gasteiger partial charge on any atom is -0.478 e. The molecule has 136 valence electrons. The Hall–Kier alpha value is -3.85. The second-order valence-corrected chi connectivity index (χ2v) is 6.37. The van der Waals surface area contributed by atoms with Crippen molar-refractivity contribution in [3.63, 3.8) is 0 Å². The maximum atomic E-state index is 11.2. The molecule has 0 fully saturated rings. The van der Waals surface area contributed by atoms with Crippen molar-refractivity contribution in [3.05, 3.63) is 109 Å². The number of carboxylic acids is 1. The number of hydrogen-bond donors (Lipinski definition) is 1. The summed E-state index contributed by atoms with van der Waals surface area (Å²) >= 11 is 0. The van der Waals surface area contributed by atoms with Gasteiger partial charge in [0, 0.05) is 5.56 Å². The van der Waals surface area contributed by atoms with E-state index in [1.165, 1.54) is 11.6 Å². The number of para-hydroxylation sites is 1. The first-order valence-electron chi connectivity index (χ1n) is 8.97. The Morgan fingerprint density at radius 1 is 0.643 bits per heavy atom. The van der Waals surface area contributed by atoms with Crippen LogP contribution in [0.25, 0.3) is 22.3 Å². The zero-order valence-electron chi connectivity index (χ0n) is 15.1. The lowest BCUT2D eigenvalue weighted by Gasteiger charge is -2.12. The number of ether oxygens (including phenoxy) is 1. The summed E-state index contributed by atoms with van der Waals surface area (Å²) in [7, 11) is 0. The largest absolute Gasteiger partial charge is 0.478 e. The van der Waals surface area contributed by atoms with Crippen LogP contribution in [0.3, 0.4) is 0 Å². The minimum atomic E-state index is -0.977. The van der Waals surface area contributed by atoms with Crippen molar-refractivity contribution in [2.75, 3.05) is 0 Å². The monoisotopic (exact) mass is 366 g/mol. The Kier molecular flexibility index (Phi) is 4.89. The van der Waals surface area contributed by atoms with E-state index in [-0.39, 0.29) is 5.56 Å². The topological polar surface area (TPSA) is 46.5 Å². The van der Waals surface area contributed by atoms with E-state index in [0.29, 0.717) is 11.5 Å². The van der Waals surface area contributed by atoms with E-state index in [2.05, 4.69) is 36.4 Å². The van der Waals surface area contributed by atoms with Crippen LogP contribution in [-0.4, -0.2) is 11.1 Å². The highest BCUT2D eigenvalue weighted by atomic mass is 16.5. The zero-order chi connectivity index (χ0) is 19.3. The van der Waals surface area contributed by atoms with Crippen molar-refractivity contribution in [1.82, 2.24) is 0 Å². The summed E-state index contributed by atoms with van der Waals surface area (Å²) in [6.45, 7) is 0. The first-order valence-corrected chi connectivity index (χ1v) is 8.97. The highest BCUT2D eigenvalue weighted by Gasteiger charge is 2.09. The Morgan fingerprint density at radius 3 is 2.04 bits per heavy atom. The van der Waals surface area contributed by atoms with Crippen LogP contribution in [0.2, 0.25) is 0 Å². The van der Waals surface area contributed by atoms with Crippen LogP contribution in [0.4, 0.5) is 0 Å². The first-order chi connectivity index (χ1) is 13.7. The number of carbonyl (C=O) groups is 1. The van der Waals surface area contributed by atoms with E-state index >= 15 is 0 Å². The standard InChI is InChI=1S/C25H18O3/c26-25(27)21-9-6-10-22(17-21)28-24-12-5-4-11-23(24)20-15-13-19(14-16-20)18-7-2-1-3-8-18/h1-17H,(H,26,27). The van der Waals surface area contributed by atoms with E-state index < -0.39 is 5.97 Å². The third-order valence-corrected chi connectivity index (χ3v) is 4.50. The summed E-state index contributed by atoms with van der Waals surface area (Å²) in [5, 5.41) is 9.17. The SMILES string of the molecule is O=C(O)c1cccc(Oc2ccccc2-c2ccc(-c3ccccc3)cc2)c1. The van der Waals surface area contributed by atoms with Gasteiger partial charge in [-0.3, -0.25) is 0 Å². The van der Waals surface area contributed by atoms with Crippen LogP contribution in [0.15, 0.2) is 103 Å². The fraction of sp³-hybridized carbons (Fsp3) is 0. The van der Waals surface area contributed by atoms with Gasteiger partial charge in [0.25, 0.3) is 0 Å². The van der Waals surface area contributed by atoms with Crippen LogP contribution >= 0.6 is 0 Å². The van der Waals surface area contributed by atoms with E-state index in [4.69, 9.17) is 4.74 Å². The van der Waals surface area contributed by atoms with Gasteiger partial charge in [0.05, 0.1) is 5.56 Å². The quantitative estimate of drug-likeness (QED) is 0.438. The molecule has 1 N–H and O–H groups in total. The molecule has 0 radical (unpaired) electrons. The Balaban J connectivity index is 1.65. The lowest BCUT2D eigenvalue weighted by molar-refractivity contribution is 0.0696. The minimum absolute atomic E-state index is 0.196. The normalized spacial score (nSPS) is 10.4. The van der Waals surface area contributed by atoms with Crippen molar-refractivity contribution in [1.29, 1.82) is 0 Å². The van der Waals surface area contributed by atoms with Gasteiger partial charge in [0.1, 0.15) is 11.5 Å². The molecule has 0 spiro atoms. The summed E-state index contributed by atoms with van der Waals surface area (Å²) in [6, 6.07) is 32.8. The lowest BCUT2D eigenvalue weighted by Crippen LogP contribution is -1.96. The van der Waals surface area contributed by atoms with Gasteiger partial charge in [0.2, 0.25) is 0 Å². The maximum Gasteiger partial charge on any atom is 0.335 e. The predicted molar refractivity (Wildman–Crippen MR) is 111 cm³/mol. The highest BCUT2D eigenvalue weighted by molar-refractivity contribution is 5.88. The van der Waals surface area contributed by atoms with Crippen molar-refractivity contribution in [2.24, 2.45) is 0 Å². The van der Waals surface area contributed by atoms with Gasteiger partial charge in [-0.15, -0.1) is 0 Å². The van der Waals surface area contributed by atoms with Crippen LogP contribution in [-0.2, 0) is 0 Å². The molecule has 0 unspecified atom stereocenters. The van der Waals surface area contributed by atoms with Gasteiger partial charge in [-0.05, 0) is 41.0 Å². The van der Waals surface area contributed by atoms with Crippen LogP contribution in [0.5, 0.6) is 11.5 Å². The maximum absolute atomic E-state index is 11.2. The average Bonchev–Trinajstić information content (AvgIpc) is 2.75. The molecule has 0 aliphatic heterocycles. The van der Waals surface area contributed by atoms with Crippen molar-refractivity contribution in [2.45, 2.75) is 0 Å². The van der Waals surface area contributed by atoms with Crippen molar-refractivity contribution >= 4 is 5.97 Å². The fourth-order valence-corrected chi connectivity index (χ4v) is 3.09. The Morgan fingerprint density at radius 2 is 1.29 bits per heavy atom. The van der Waals surface area contributed by atoms with Gasteiger partial charge in [-0.25, -0.2) is 4.79 Å². The number of rotatable bonds is 5. The molecule has 0 amide bonds. The molecule has 3 heteroatoms. The summed E-state index contributed by atoms with van der Waals surface area (Å²) < 4.78 is 6.01. The molecule has 0 bridgehead atoms. The third-order valence-electron chi connectivity index (χ3n) is 4.50. The number of benzene rings is 4. The van der Waals surface area contributed by atoms with E-state index in [0.717, 1.165) is 16.7 Å². The second kappa shape index (κ2) is 7.80. The fourth-order valence-electron chi connectivity index (χ4n) is 3.09. The molecule has 0 saturated heterocycles. The molecule has 4 rings (SSSR count). The number of carboxylic acid groups (broad SMARTS) is 1. The van der Waals surface area contributed by atoms with Gasteiger partial charge in [-0.2, -0.15) is 0 Å². The van der Waals surface area contributed by atoms with Gasteiger partial charge in [-0.1, -0.05) is 78.9 Å². The molecule has 0 aromatic heterocycles. The number of aromatic carboxylic acids is 1. The molecule has 0 aliphatic carbocycles. The van der Waals surface area contributed by atoms with Crippen LogP contribution in [0.1, 0.15) is 10.4 Å². The molecule has 0 aliphatic rings. The van der Waals surface area contributed by atoms with Crippen molar-refractivity contribution in [3.8, 4) is 33.8 Å². The molecule has 0 atom stereocenters. The molecule has 0 saturated carbocycles. The van der Waals surface area contributed by atoms with Crippen LogP contribution in [0, 0.1) is 0 Å². The first kappa shape index (κ1) is 17.6. The highest BCUT2D eigenvalue weighted by Crippen LogP contribution is 2.34. The van der Waals surface area contributed by atoms with Gasteiger partial charge >= 0.3 is 5.97 Å². The number of hydrogen-bond acceptors (Lipinski definition) is 2. The van der Waals surface area contributed by atoms with Crippen molar-refractivity contribution < 1.29 is 14.6 Å². The van der Waals surface area contributed by atoms with E-state index in [9.17, 15) is 9.90 Å². The molecular weight excluding hydrogens is 348 g/mol. The summed E-state index contributed by atoms with van der Waals surface area (Å²) in [6.07, 6.45) is 0. The molecule has 4 aromatic rings. The molecule has 4 aromatic carbocycles. The average molecular weight is 366 g/mol. The lowest BCUT2D eigenvalue weighted by atomic mass is 10.00. The second-order valence-electron chi connectivity index (χ2n) is 6.37. The molecule has 3 nitrogen and oxygen atoms in total. The summed E-state index contributed by atoms with van der Waals surface area (Å²) in [4.78, 5) is 11.2. The summed E-state index contributed by atoms with van der Waals surface area (Å²) in [5.74, 6) is 0.195. The zero-order valence-corrected chi connectivity index (χ0v) is 15.1. The smallest absolute Gasteiger partial charge is 0.335 e.